The summed E-state index contributed by atoms with van der Waals surface area (Å²) in [6.45, 7) is 8.62. The molecule has 3 nitrogen and oxygen atoms in total. The van der Waals surface area contributed by atoms with Gasteiger partial charge in [0.2, 0.25) is 0 Å². The molecular weight excluding hydrogens is 204 g/mol. The molecule has 0 N–H and O–H groups in total. The molecule has 16 heavy (non-hydrogen) atoms. The Balaban J connectivity index is 0.000000125. The molecule has 0 spiro atoms. The second-order valence-corrected chi connectivity index (χ2v) is 4.41. The van der Waals surface area contributed by atoms with Crippen LogP contribution in [0.1, 0.15) is 19.3 Å². The van der Waals surface area contributed by atoms with Gasteiger partial charge in [-0.3, -0.25) is 0 Å². The standard InChI is InChI=1S/C8H12O.C5H8O2/c1-2-6-3-4-7-8(5-6)9-7;1-2-3-6-5-4-7-5/h2,6-8H,1,3-5H2;2,5H,1,3-4H2. The van der Waals surface area contributed by atoms with Gasteiger partial charge in [0, 0.05) is 0 Å². The third-order valence-electron chi connectivity index (χ3n) is 3.08. The molecule has 0 radical (unpaired) electrons. The predicted octanol–water partition coefficient (Wildman–Crippen LogP) is 2.29. The van der Waals surface area contributed by atoms with Gasteiger partial charge in [-0.15, -0.1) is 13.2 Å². The molecule has 3 rings (SSSR count). The summed E-state index contributed by atoms with van der Waals surface area (Å²) in [5.74, 6) is 0.744. The molecule has 90 valence electrons. The van der Waals surface area contributed by atoms with Crippen LogP contribution in [0.25, 0.3) is 0 Å². The lowest BCUT2D eigenvalue weighted by Gasteiger charge is -2.12. The molecule has 0 aromatic heterocycles. The lowest BCUT2D eigenvalue weighted by Crippen LogP contribution is -2.10. The van der Waals surface area contributed by atoms with Gasteiger partial charge in [-0.2, -0.15) is 0 Å². The van der Waals surface area contributed by atoms with Gasteiger partial charge in [0.05, 0.1) is 18.8 Å². The summed E-state index contributed by atoms with van der Waals surface area (Å²) in [6, 6.07) is 0. The predicted molar refractivity (Wildman–Crippen MR) is 62.1 cm³/mol. The van der Waals surface area contributed by atoms with Crippen molar-refractivity contribution in [2.45, 2.75) is 37.8 Å². The second-order valence-electron chi connectivity index (χ2n) is 4.41. The third-order valence-corrected chi connectivity index (χ3v) is 3.08. The van der Waals surface area contributed by atoms with Gasteiger partial charge in [-0.25, -0.2) is 0 Å². The summed E-state index contributed by atoms with van der Waals surface area (Å²) in [5.41, 5.74) is 0. The highest BCUT2D eigenvalue weighted by atomic mass is 16.8. The normalized spacial score (nSPS) is 38.8. The van der Waals surface area contributed by atoms with Crippen molar-refractivity contribution < 1.29 is 14.2 Å². The average Bonchev–Trinajstić information content (AvgIpc) is 3.19. The number of epoxide rings is 2. The first-order chi connectivity index (χ1) is 7.83. The zero-order valence-corrected chi connectivity index (χ0v) is 9.64. The zero-order valence-electron chi connectivity index (χ0n) is 9.64. The summed E-state index contributed by atoms with van der Waals surface area (Å²) in [7, 11) is 0. The van der Waals surface area contributed by atoms with E-state index in [2.05, 4.69) is 19.2 Å². The minimum Gasteiger partial charge on any atom is -0.370 e. The maximum atomic E-state index is 5.36. The maximum absolute atomic E-state index is 5.36. The van der Waals surface area contributed by atoms with Crippen molar-refractivity contribution in [2.24, 2.45) is 5.92 Å². The SMILES string of the molecule is C=CC1CCC2OC2C1.C=CCOC1CO1. The Morgan fingerprint density at radius 1 is 1.25 bits per heavy atom. The van der Waals surface area contributed by atoms with Crippen molar-refractivity contribution in [3.63, 3.8) is 0 Å². The van der Waals surface area contributed by atoms with Gasteiger partial charge in [0.1, 0.15) is 6.61 Å². The number of allylic oxidation sites excluding steroid dienone is 1. The van der Waals surface area contributed by atoms with E-state index in [1.54, 1.807) is 6.08 Å². The van der Waals surface area contributed by atoms with E-state index in [9.17, 15) is 0 Å². The van der Waals surface area contributed by atoms with Crippen LogP contribution in [0.15, 0.2) is 25.3 Å². The van der Waals surface area contributed by atoms with E-state index in [0.717, 1.165) is 12.5 Å². The lowest BCUT2D eigenvalue weighted by molar-refractivity contribution is 0.0697. The van der Waals surface area contributed by atoms with Gasteiger partial charge >= 0.3 is 0 Å². The van der Waals surface area contributed by atoms with Crippen LogP contribution in [0.2, 0.25) is 0 Å². The minimum absolute atomic E-state index is 0.0815. The van der Waals surface area contributed by atoms with Crippen molar-refractivity contribution in [2.75, 3.05) is 13.2 Å². The second kappa shape index (κ2) is 5.62. The molecule has 1 aliphatic carbocycles. The summed E-state index contributed by atoms with van der Waals surface area (Å²) >= 11 is 0. The Morgan fingerprint density at radius 2 is 2.06 bits per heavy atom. The molecule has 2 aliphatic heterocycles. The first-order valence-corrected chi connectivity index (χ1v) is 5.95. The number of fused-ring (bicyclic) bond motifs is 1. The Labute approximate surface area is 97.1 Å². The highest BCUT2D eigenvalue weighted by Crippen LogP contribution is 2.39. The van der Waals surface area contributed by atoms with Crippen LogP contribution in [0, 0.1) is 5.92 Å². The first-order valence-electron chi connectivity index (χ1n) is 5.95. The van der Waals surface area contributed by atoms with E-state index in [1.807, 2.05) is 0 Å². The number of hydrogen-bond acceptors (Lipinski definition) is 3. The van der Waals surface area contributed by atoms with Crippen molar-refractivity contribution in [1.29, 1.82) is 0 Å². The van der Waals surface area contributed by atoms with Gasteiger partial charge in [-0.05, 0) is 25.2 Å². The summed E-state index contributed by atoms with van der Waals surface area (Å²) in [5, 5.41) is 0. The molecule has 1 saturated carbocycles. The van der Waals surface area contributed by atoms with Crippen molar-refractivity contribution in [3.8, 4) is 0 Å². The smallest absolute Gasteiger partial charge is 0.181 e. The summed E-state index contributed by atoms with van der Waals surface area (Å²) < 4.78 is 15.1. The van der Waals surface area contributed by atoms with Crippen LogP contribution in [-0.4, -0.2) is 31.7 Å². The van der Waals surface area contributed by atoms with Crippen LogP contribution in [0.4, 0.5) is 0 Å². The number of ether oxygens (including phenoxy) is 3. The highest BCUT2D eigenvalue weighted by molar-refractivity contribution is 4.96. The Hall–Kier alpha value is -0.640. The minimum atomic E-state index is 0.0815. The topological polar surface area (TPSA) is 34.3 Å². The molecule has 0 aromatic rings. The molecule has 4 atom stereocenters. The van der Waals surface area contributed by atoms with E-state index >= 15 is 0 Å². The van der Waals surface area contributed by atoms with Gasteiger partial charge in [0.25, 0.3) is 0 Å². The van der Waals surface area contributed by atoms with Gasteiger partial charge in [-0.1, -0.05) is 12.2 Å². The summed E-state index contributed by atoms with van der Waals surface area (Å²) in [6.07, 6.45) is 8.90. The Kier molecular flexibility index (Phi) is 4.16. The zero-order chi connectivity index (χ0) is 11.4. The molecule has 0 bridgehead atoms. The molecule has 2 heterocycles. The Bertz CT molecular complexity index is 248. The quantitative estimate of drug-likeness (QED) is 0.542. The van der Waals surface area contributed by atoms with Crippen molar-refractivity contribution >= 4 is 0 Å². The van der Waals surface area contributed by atoms with E-state index < -0.39 is 0 Å². The van der Waals surface area contributed by atoms with Crippen molar-refractivity contribution in [3.05, 3.63) is 25.3 Å². The molecule has 0 amide bonds. The molecule has 3 fully saturated rings. The largest absolute Gasteiger partial charge is 0.370 e. The molecule has 4 unspecified atom stereocenters. The van der Waals surface area contributed by atoms with Crippen LogP contribution >= 0.6 is 0 Å². The summed E-state index contributed by atoms with van der Waals surface area (Å²) in [4.78, 5) is 0. The molecule has 2 saturated heterocycles. The average molecular weight is 224 g/mol. The fourth-order valence-electron chi connectivity index (χ4n) is 1.96. The monoisotopic (exact) mass is 224 g/mol. The molecule has 0 aromatic carbocycles. The van der Waals surface area contributed by atoms with Crippen LogP contribution in [0.3, 0.4) is 0 Å². The van der Waals surface area contributed by atoms with Crippen molar-refractivity contribution in [1.82, 2.24) is 0 Å². The van der Waals surface area contributed by atoms with E-state index in [1.165, 1.54) is 19.3 Å². The van der Waals surface area contributed by atoms with Gasteiger partial charge in [0.15, 0.2) is 6.29 Å². The Morgan fingerprint density at radius 3 is 2.62 bits per heavy atom. The molecular formula is C13H20O3. The van der Waals surface area contributed by atoms with Crippen LogP contribution < -0.4 is 0 Å². The first kappa shape index (κ1) is 11.8. The van der Waals surface area contributed by atoms with E-state index in [0.29, 0.717) is 18.8 Å². The molecule has 3 heteroatoms. The van der Waals surface area contributed by atoms with E-state index in [-0.39, 0.29) is 6.29 Å². The van der Waals surface area contributed by atoms with Crippen LogP contribution in [0.5, 0.6) is 0 Å². The highest BCUT2D eigenvalue weighted by Gasteiger charge is 2.42. The van der Waals surface area contributed by atoms with Gasteiger partial charge < -0.3 is 14.2 Å². The van der Waals surface area contributed by atoms with E-state index in [4.69, 9.17) is 14.2 Å². The number of hydrogen-bond donors (Lipinski definition) is 0. The third kappa shape index (κ3) is 3.74. The lowest BCUT2D eigenvalue weighted by atomic mass is 9.90. The van der Waals surface area contributed by atoms with Crippen LogP contribution in [-0.2, 0) is 14.2 Å². The molecule has 3 aliphatic rings. The maximum Gasteiger partial charge on any atom is 0.181 e. The fourth-order valence-corrected chi connectivity index (χ4v) is 1.96. The number of rotatable bonds is 4. The fraction of sp³-hybridized carbons (Fsp3) is 0.692.